The summed E-state index contributed by atoms with van der Waals surface area (Å²) in [6.07, 6.45) is 0. The lowest BCUT2D eigenvalue weighted by molar-refractivity contribution is -0.131. The molecule has 0 N–H and O–H groups in total. The monoisotopic (exact) mass is 223 g/mol. The van der Waals surface area contributed by atoms with Crippen LogP contribution in [-0.4, -0.2) is 38.1 Å². The fraction of sp³-hybridized carbons (Fsp3) is 0.417. The van der Waals surface area contributed by atoms with Crippen molar-refractivity contribution in [2.24, 2.45) is 0 Å². The first kappa shape index (κ1) is 12.4. The van der Waals surface area contributed by atoms with Crippen LogP contribution in [0, 0.1) is 0 Å². The van der Waals surface area contributed by atoms with Crippen LogP contribution in [0.2, 0.25) is 0 Å². The van der Waals surface area contributed by atoms with E-state index in [9.17, 15) is 4.79 Å². The highest BCUT2D eigenvalue weighted by Crippen LogP contribution is 2.16. The van der Waals surface area contributed by atoms with E-state index in [1.54, 1.807) is 43.3 Å². The van der Waals surface area contributed by atoms with Crippen molar-refractivity contribution in [2.45, 2.75) is 6.92 Å². The van der Waals surface area contributed by atoms with Crippen LogP contribution in [0.5, 0.6) is 11.5 Å². The number of nitrogens with zero attached hydrogens (tertiary/aromatic N) is 1. The van der Waals surface area contributed by atoms with E-state index in [1.165, 1.54) is 0 Å². The molecule has 4 nitrogen and oxygen atoms in total. The minimum atomic E-state index is -0.0293. The van der Waals surface area contributed by atoms with Crippen molar-refractivity contribution in [3.8, 4) is 11.5 Å². The Morgan fingerprint density at radius 3 is 2.31 bits per heavy atom. The van der Waals surface area contributed by atoms with Gasteiger partial charge in [0, 0.05) is 13.6 Å². The molecule has 0 bridgehead atoms. The zero-order valence-corrected chi connectivity index (χ0v) is 9.90. The highest BCUT2D eigenvalue weighted by molar-refractivity contribution is 5.77. The average molecular weight is 223 g/mol. The summed E-state index contributed by atoms with van der Waals surface area (Å²) in [4.78, 5) is 13.1. The SMILES string of the molecule is CCN(C)C(=O)COc1ccc(OC)cc1. The number of likely N-dealkylation sites (N-methyl/N-ethyl adjacent to an activating group) is 1. The van der Waals surface area contributed by atoms with Gasteiger partial charge in [-0.25, -0.2) is 0 Å². The third kappa shape index (κ3) is 3.46. The number of amides is 1. The summed E-state index contributed by atoms with van der Waals surface area (Å²) in [7, 11) is 3.36. The molecule has 1 aromatic carbocycles. The first-order valence-corrected chi connectivity index (χ1v) is 5.18. The van der Waals surface area contributed by atoms with Crippen molar-refractivity contribution >= 4 is 5.91 Å². The summed E-state index contributed by atoms with van der Waals surface area (Å²) in [6.45, 7) is 2.67. The quantitative estimate of drug-likeness (QED) is 0.760. The van der Waals surface area contributed by atoms with Crippen molar-refractivity contribution < 1.29 is 14.3 Å². The third-order valence-corrected chi connectivity index (χ3v) is 2.32. The number of carbonyl (C=O) groups is 1. The molecule has 0 aromatic heterocycles. The molecule has 0 radical (unpaired) electrons. The maximum atomic E-state index is 11.4. The molecule has 1 amide bonds. The number of hydrogen-bond donors (Lipinski definition) is 0. The highest BCUT2D eigenvalue weighted by Gasteiger charge is 2.06. The van der Waals surface area contributed by atoms with Crippen LogP contribution in [0.4, 0.5) is 0 Å². The van der Waals surface area contributed by atoms with Gasteiger partial charge in [0.05, 0.1) is 7.11 Å². The molecule has 0 aliphatic heterocycles. The standard InChI is InChI=1S/C12H17NO3/c1-4-13(2)12(14)9-16-11-7-5-10(15-3)6-8-11/h5-8H,4,9H2,1-3H3. The van der Waals surface area contributed by atoms with Gasteiger partial charge in [0.15, 0.2) is 6.61 Å². The van der Waals surface area contributed by atoms with Gasteiger partial charge >= 0.3 is 0 Å². The van der Waals surface area contributed by atoms with Crippen LogP contribution in [-0.2, 0) is 4.79 Å². The lowest BCUT2D eigenvalue weighted by atomic mass is 10.3. The zero-order valence-electron chi connectivity index (χ0n) is 9.90. The van der Waals surface area contributed by atoms with E-state index in [2.05, 4.69) is 0 Å². The molecule has 0 heterocycles. The van der Waals surface area contributed by atoms with Crippen LogP contribution >= 0.6 is 0 Å². The predicted octanol–water partition coefficient (Wildman–Crippen LogP) is 1.55. The summed E-state index contributed by atoms with van der Waals surface area (Å²) in [5.74, 6) is 1.40. The smallest absolute Gasteiger partial charge is 0.260 e. The van der Waals surface area contributed by atoms with Crippen molar-refractivity contribution in [1.82, 2.24) is 4.90 Å². The maximum Gasteiger partial charge on any atom is 0.260 e. The summed E-state index contributed by atoms with van der Waals surface area (Å²) < 4.78 is 10.4. The van der Waals surface area contributed by atoms with Crippen LogP contribution in [0.1, 0.15) is 6.92 Å². The fourth-order valence-corrected chi connectivity index (χ4v) is 1.10. The Morgan fingerprint density at radius 2 is 1.81 bits per heavy atom. The number of rotatable bonds is 5. The molecule has 1 rings (SSSR count). The number of hydrogen-bond acceptors (Lipinski definition) is 3. The van der Waals surface area contributed by atoms with Gasteiger partial charge in [-0.05, 0) is 31.2 Å². The largest absolute Gasteiger partial charge is 0.497 e. The normalized spacial score (nSPS) is 9.69. The molecule has 0 atom stereocenters. The molecule has 0 saturated heterocycles. The van der Waals surface area contributed by atoms with E-state index in [1.807, 2.05) is 6.92 Å². The minimum Gasteiger partial charge on any atom is -0.497 e. The van der Waals surface area contributed by atoms with Crippen LogP contribution in [0.25, 0.3) is 0 Å². The summed E-state index contributed by atoms with van der Waals surface area (Å²) in [5, 5.41) is 0. The van der Waals surface area contributed by atoms with Crippen molar-refractivity contribution in [3.63, 3.8) is 0 Å². The van der Waals surface area contributed by atoms with Gasteiger partial charge in [-0.3, -0.25) is 4.79 Å². The summed E-state index contributed by atoms with van der Waals surface area (Å²) in [6, 6.07) is 7.14. The number of methoxy groups -OCH3 is 1. The highest BCUT2D eigenvalue weighted by atomic mass is 16.5. The van der Waals surface area contributed by atoms with Gasteiger partial charge in [0.1, 0.15) is 11.5 Å². The Balaban J connectivity index is 2.45. The molecule has 0 fully saturated rings. The maximum absolute atomic E-state index is 11.4. The van der Waals surface area contributed by atoms with E-state index in [-0.39, 0.29) is 12.5 Å². The Morgan fingerprint density at radius 1 is 1.25 bits per heavy atom. The molecule has 0 unspecified atom stereocenters. The Bertz CT molecular complexity index is 335. The van der Waals surface area contributed by atoms with Crippen molar-refractivity contribution in [3.05, 3.63) is 24.3 Å². The lowest BCUT2D eigenvalue weighted by Gasteiger charge is -2.14. The van der Waals surface area contributed by atoms with Gasteiger partial charge in [-0.2, -0.15) is 0 Å². The summed E-state index contributed by atoms with van der Waals surface area (Å²) >= 11 is 0. The van der Waals surface area contributed by atoms with Gasteiger partial charge in [0.25, 0.3) is 5.91 Å². The lowest BCUT2D eigenvalue weighted by Crippen LogP contribution is -2.31. The second kappa shape index (κ2) is 6.00. The Labute approximate surface area is 95.8 Å². The second-order valence-electron chi connectivity index (χ2n) is 3.37. The fourth-order valence-electron chi connectivity index (χ4n) is 1.10. The number of carbonyl (C=O) groups excluding carboxylic acids is 1. The molecule has 0 aliphatic rings. The molecule has 4 heteroatoms. The predicted molar refractivity (Wildman–Crippen MR) is 61.8 cm³/mol. The minimum absolute atomic E-state index is 0.0293. The summed E-state index contributed by atoms with van der Waals surface area (Å²) in [5.41, 5.74) is 0. The van der Waals surface area contributed by atoms with E-state index in [0.29, 0.717) is 12.3 Å². The van der Waals surface area contributed by atoms with E-state index >= 15 is 0 Å². The first-order valence-electron chi connectivity index (χ1n) is 5.18. The third-order valence-electron chi connectivity index (χ3n) is 2.32. The molecule has 0 spiro atoms. The number of ether oxygens (including phenoxy) is 2. The van der Waals surface area contributed by atoms with Crippen LogP contribution in [0.15, 0.2) is 24.3 Å². The van der Waals surface area contributed by atoms with Gasteiger partial charge in [-0.15, -0.1) is 0 Å². The molecule has 0 aliphatic carbocycles. The van der Waals surface area contributed by atoms with E-state index in [4.69, 9.17) is 9.47 Å². The Hall–Kier alpha value is -1.71. The van der Waals surface area contributed by atoms with Gasteiger partial charge < -0.3 is 14.4 Å². The van der Waals surface area contributed by atoms with Gasteiger partial charge in [0.2, 0.25) is 0 Å². The molecular formula is C12H17NO3. The number of benzene rings is 1. The zero-order chi connectivity index (χ0) is 12.0. The molecular weight excluding hydrogens is 206 g/mol. The van der Waals surface area contributed by atoms with Crippen LogP contribution < -0.4 is 9.47 Å². The molecule has 16 heavy (non-hydrogen) atoms. The first-order chi connectivity index (χ1) is 7.67. The second-order valence-corrected chi connectivity index (χ2v) is 3.37. The topological polar surface area (TPSA) is 38.8 Å². The molecule has 1 aromatic rings. The van der Waals surface area contributed by atoms with Crippen molar-refractivity contribution in [1.29, 1.82) is 0 Å². The Kier molecular flexibility index (Phi) is 4.64. The van der Waals surface area contributed by atoms with Gasteiger partial charge in [-0.1, -0.05) is 0 Å². The van der Waals surface area contributed by atoms with E-state index in [0.717, 1.165) is 5.75 Å². The van der Waals surface area contributed by atoms with E-state index < -0.39 is 0 Å². The van der Waals surface area contributed by atoms with Crippen LogP contribution in [0.3, 0.4) is 0 Å². The molecule has 88 valence electrons. The molecule has 0 saturated carbocycles. The average Bonchev–Trinajstić information content (AvgIpc) is 2.35. The van der Waals surface area contributed by atoms with Crippen molar-refractivity contribution in [2.75, 3.05) is 27.3 Å².